The second kappa shape index (κ2) is 2.26. The van der Waals surface area contributed by atoms with Gasteiger partial charge in [-0.15, -0.1) is 0 Å². The number of nitrogens with two attached hydrogens (primary N) is 1. The third kappa shape index (κ3) is 0.923. The van der Waals surface area contributed by atoms with Gasteiger partial charge in [0, 0.05) is 17.0 Å². The molecule has 1 spiro atoms. The maximum Gasteiger partial charge on any atom is 0.124 e. The molecule has 0 radical (unpaired) electrons. The monoisotopic (exact) mass is 175 g/mol. The van der Waals surface area contributed by atoms with Gasteiger partial charge in [-0.05, 0) is 18.9 Å². The summed E-state index contributed by atoms with van der Waals surface area (Å²) in [5.41, 5.74) is 7.68. The van der Waals surface area contributed by atoms with Crippen LogP contribution < -0.4 is 10.5 Å². The first-order valence-electron chi connectivity index (χ1n) is 4.79. The van der Waals surface area contributed by atoms with Gasteiger partial charge < -0.3 is 10.5 Å². The number of hydrogen-bond donors (Lipinski definition) is 1. The lowest BCUT2D eigenvalue weighted by molar-refractivity contribution is 0.177. The second-order valence-corrected chi connectivity index (χ2v) is 4.17. The van der Waals surface area contributed by atoms with Crippen LogP contribution >= 0.6 is 0 Å². The van der Waals surface area contributed by atoms with Crippen LogP contribution in [-0.4, -0.2) is 6.61 Å². The number of ether oxygens (including phenoxy) is 1. The molecule has 1 aromatic carbocycles. The Bertz CT molecular complexity index is 344. The second-order valence-electron chi connectivity index (χ2n) is 4.17. The SMILES string of the molecule is NC1c2ccccc2OCC12CC2. The fourth-order valence-corrected chi connectivity index (χ4v) is 2.13. The Morgan fingerprint density at radius 1 is 1.31 bits per heavy atom. The predicted molar refractivity (Wildman–Crippen MR) is 50.5 cm³/mol. The van der Waals surface area contributed by atoms with Crippen LogP contribution in [0.5, 0.6) is 5.75 Å². The van der Waals surface area contributed by atoms with Crippen molar-refractivity contribution in [2.75, 3.05) is 6.61 Å². The normalized spacial score (nSPS) is 27.9. The summed E-state index contributed by atoms with van der Waals surface area (Å²) in [5, 5.41) is 0. The Hall–Kier alpha value is -1.02. The molecule has 2 nitrogen and oxygen atoms in total. The average molecular weight is 175 g/mol. The summed E-state index contributed by atoms with van der Waals surface area (Å²) in [6.45, 7) is 0.811. The molecule has 0 amide bonds. The van der Waals surface area contributed by atoms with Crippen molar-refractivity contribution >= 4 is 0 Å². The molecule has 68 valence electrons. The molecule has 1 aliphatic carbocycles. The molecule has 13 heavy (non-hydrogen) atoms. The zero-order valence-corrected chi connectivity index (χ0v) is 7.49. The van der Waals surface area contributed by atoms with Crippen molar-refractivity contribution in [1.82, 2.24) is 0 Å². The topological polar surface area (TPSA) is 35.2 Å². The smallest absolute Gasteiger partial charge is 0.124 e. The van der Waals surface area contributed by atoms with Crippen LogP contribution in [0, 0.1) is 5.41 Å². The molecular weight excluding hydrogens is 162 g/mol. The lowest BCUT2D eigenvalue weighted by Crippen LogP contribution is -2.32. The van der Waals surface area contributed by atoms with Gasteiger partial charge in [0.2, 0.25) is 0 Å². The van der Waals surface area contributed by atoms with E-state index in [1.54, 1.807) is 0 Å². The van der Waals surface area contributed by atoms with Crippen molar-refractivity contribution in [2.45, 2.75) is 18.9 Å². The van der Waals surface area contributed by atoms with Crippen LogP contribution in [0.2, 0.25) is 0 Å². The Balaban J connectivity index is 2.08. The molecule has 1 aromatic rings. The molecule has 2 heteroatoms. The van der Waals surface area contributed by atoms with E-state index in [1.807, 2.05) is 18.2 Å². The predicted octanol–water partition coefficient (Wildman–Crippen LogP) is 1.86. The number of para-hydroxylation sites is 1. The fourth-order valence-electron chi connectivity index (χ4n) is 2.13. The van der Waals surface area contributed by atoms with Crippen molar-refractivity contribution < 1.29 is 4.74 Å². The van der Waals surface area contributed by atoms with Gasteiger partial charge in [0.1, 0.15) is 5.75 Å². The first-order chi connectivity index (χ1) is 6.32. The highest BCUT2D eigenvalue weighted by Gasteiger charge is 2.51. The molecule has 1 unspecified atom stereocenters. The fraction of sp³-hybridized carbons (Fsp3) is 0.455. The third-order valence-electron chi connectivity index (χ3n) is 3.32. The first-order valence-corrected chi connectivity index (χ1v) is 4.79. The minimum Gasteiger partial charge on any atom is -0.493 e. The van der Waals surface area contributed by atoms with Crippen LogP contribution in [0.3, 0.4) is 0 Å². The molecule has 1 atom stereocenters. The van der Waals surface area contributed by atoms with E-state index in [2.05, 4.69) is 6.07 Å². The lowest BCUT2D eigenvalue weighted by atomic mass is 9.89. The van der Waals surface area contributed by atoms with Crippen LogP contribution in [0.25, 0.3) is 0 Å². The lowest BCUT2D eigenvalue weighted by Gasteiger charge is -2.31. The summed E-state index contributed by atoms with van der Waals surface area (Å²) in [5.74, 6) is 0.979. The number of hydrogen-bond acceptors (Lipinski definition) is 2. The summed E-state index contributed by atoms with van der Waals surface area (Å²) < 4.78 is 5.69. The average Bonchev–Trinajstić information content (AvgIpc) is 2.94. The van der Waals surface area contributed by atoms with Crippen molar-refractivity contribution in [3.8, 4) is 5.75 Å². The van der Waals surface area contributed by atoms with Gasteiger partial charge in [-0.25, -0.2) is 0 Å². The Morgan fingerprint density at radius 3 is 2.85 bits per heavy atom. The maximum atomic E-state index is 6.21. The van der Waals surface area contributed by atoms with E-state index < -0.39 is 0 Å². The van der Waals surface area contributed by atoms with Crippen LogP contribution in [0.1, 0.15) is 24.4 Å². The van der Waals surface area contributed by atoms with Gasteiger partial charge in [0.15, 0.2) is 0 Å². The maximum absolute atomic E-state index is 6.21. The van der Waals surface area contributed by atoms with E-state index in [0.717, 1.165) is 12.4 Å². The number of benzene rings is 1. The van der Waals surface area contributed by atoms with Gasteiger partial charge >= 0.3 is 0 Å². The summed E-state index contributed by atoms with van der Waals surface area (Å²) in [6, 6.07) is 8.31. The van der Waals surface area contributed by atoms with Gasteiger partial charge in [-0.2, -0.15) is 0 Å². The Kier molecular flexibility index (Phi) is 1.29. The molecule has 1 heterocycles. The van der Waals surface area contributed by atoms with Gasteiger partial charge in [-0.3, -0.25) is 0 Å². The molecule has 1 saturated carbocycles. The van der Waals surface area contributed by atoms with E-state index in [9.17, 15) is 0 Å². The van der Waals surface area contributed by atoms with E-state index in [-0.39, 0.29) is 11.5 Å². The molecule has 0 aromatic heterocycles. The molecule has 3 rings (SSSR count). The molecule has 1 aliphatic heterocycles. The van der Waals surface area contributed by atoms with Gasteiger partial charge in [0.05, 0.1) is 6.61 Å². The third-order valence-corrected chi connectivity index (χ3v) is 3.32. The zero-order chi connectivity index (χ0) is 8.89. The summed E-state index contributed by atoms with van der Waals surface area (Å²) in [7, 11) is 0. The van der Waals surface area contributed by atoms with Crippen molar-refractivity contribution in [3.05, 3.63) is 29.8 Å². The van der Waals surface area contributed by atoms with Crippen LogP contribution in [-0.2, 0) is 0 Å². The minimum absolute atomic E-state index is 0.192. The zero-order valence-electron chi connectivity index (χ0n) is 7.49. The number of rotatable bonds is 0. The molecule has 0 saturated heterocycles. The minimum atomic E-state index is 0.192. The van der Waals surface area contributed by atoms with Crippen molar-refractivity contribution in [3.63, 3.8) is 0 Å². The first kappa shape index (κ1) is 7.39. The highest BCUT2D eigenvalue weighted by molar-refractivity contribution is 5.40. The largest absolute Gasteiger partial charge is 0.493 e. The van der Waals surface area contributed by atoms with E-state index in [4.69, 9.17) is 10.5 Å². The quantitative estimate of drug-likeness (QED) is 0.653. The van der Waals surface area contributed by atoms with Gasteiger partial charge in [0.25, 0.3) is 0 Å². The molecule has 2 N–H and O–H groups in total. The van der Waals surface area contributed by atoms with Crippen LogP contribution in [0.4, 0.5) is 0 Å². The van der Waals surface area contributed by atoms with E-state index in [1.165, 1.54) is 18.4 Å². The highest BCUT2D eigenvalue weighted by atomic mass is 16.5. The molecule has 0 bridgehead atoms. The number of fused-ring (bicyclic) bond motifs is 1. The Labute approximate surface area is 77.7 Å². The standard InChI is InChI=1S/C11H13NO/c12-10-8-3-1-2-4-9(8)13-7-11(10)5-6-11/h1-4,10H,5-7,12H2. The Morgan fingerprint density at radius 2 is 2.08 bits per heavy atom. The van der Waals surface area contributed by atoms with Crippen LogP contribution in [0.15, 0.2) is 24.3 Å². The van der Waals surface area contributed by atoms with Crippen molar-refractivity contribution in [2.24, 2.45) is 11.1 Å². The molecule has 2 aliphatic rings. The summed E-state index contributed by atoms with van der Waals surface area (Å²) in [4.78, 5) is 0. The highest BCUT2D eigenvalue weighted by Crippen LogP contribution is 2.57. The van der Waals surface area contributed by atoms with Gasteiger partial charge in [-0.1, -0.05) is 18.2 Å². The van der Waals surface area contributed by atoms with E-state index in [0.29, 0.717) is 0 Å². The van der Waals surface area contributed by atoms with E-state index >= 15 is 0 Å². The summed E-state index contributed by atoms with van der Waals surface area (Å²) in [6.07, 6.45) is 2.45. The van der Waals surface area contributed by atoms with Crippen molar-refractivity contribution in [1.29, 1.82) is 0 Å². The molecule has 1 fully saturated rings. The summed E-state index contributed by atoms with van der Waals surface area (Å²) >= 11 is 0. The molecular formula is C11H13NO.